The van der Waals surface area contributed by atoms with E-state index < -0.39 is 0 Å². The van der Waals surface area contributed by atoms with E-state index in [1.54, 1.807) is 0 Å². The van der Waals surface area contributed by atoms with Gasteiger partial charge in [0.25, 0.3) is 0 Å². The van der Waals surface area contributed by atoms with Crippen molar-refractivity contribution in [2.75, 3.05) is 0 Å². The predicted octanol–water partition coefficient (Wildman–Crippen LogP) is 7.61. The Labute approximate surface area is 151 Å². The van der Waals surface area contributed by atoms with Gasteiger partial charge < -0.3 is 0 Å². The van der Waals surface area contributed by atoms with Gasteiger partial charge in [-0.05, 0) is 23.0 Å². The van der Waals surface area contributed by atoms with E-state index in [0.29, 0.717) is 11.8 Å². The molecule has 1 aromatic rings. The van der Waals surface area contributed by atoms with Crippen molar-refractivity contribution < 1.29 is 4.92 Å². The van der Waals surface area contributed by atoms with Crippen LogP contribution in [-0.4, -0.2) is 0 Å². The fraction of sp³-hybridized carbons (Fsp3) is 0.571. The SMILES string of the molecule is CC.CC(C)c1ccccc1C(C)C.[I][V]([I])[I]. The molecule has 0 spiro atoms. The summed E-state index contributed by atoms with van der Waals surface area (Å²) >= 11 is 7.39. The quantitative estimate of drug-likeness (QED) is 0.298. The second-order valence-electron chi connectivity index (χ2n) is 4.13. The molecule has 4 heteroatoms. The summed E-state index contributed by atoms with van der Waals surface area (Å²) in [6, 6.07) is 8.72. The molecule has 0 saturated carbocycles. The van der Waals surface area contributed by atoms with Crippen LogP contribution in [0.25, 0.3) is 0 Å². The van der Waals surface area contributed by atoms with E-state index in [1.807, 2.05) is 13.8 Å². The molecule has 0 saturated heterocycles. The molecule has 0 bridgehead atoms. The Bertz CT molecular complexity index is 269. The second kappa shape index (κ2) is 14.0. The summed E-state index contributed by atoms with van der Waals surface area (Å²) in [5.74, 6) is 1.28. The standard InChI is InChI=1S/C12H18.C2H6.3HI.V/c1-9(2)11-7-5-6-8-12(11)10(3)4;1-2;;;;/h5-10H,1-4H3;1-2H3;3*1H;/q;;;;;+3/p-3. The fourth-order valence-corrected chi connectivity index (χ4v) is 1.56. The summed E-state index contributed by atoms with van der Waals surface area (Å²) in [5, 5.41) is 0. The monoisotopic (exact) mass is 624 g/mol. The van der Waals surface area contributed by atoms with Crippen molar-refractivity contribution in [2.24, 2.45) is 0 Å². The van der Waals surface area contributed by atoms with Gasteiger partial charge in [-0.2, -0.15) is 0 Å². The molecule has 1 rings (SSSR count). The number of halogens is 3. The summed E-state index contributed by atoms with van der Waals surface area (Å²) in [5.41, 5.74) is 2.99. The number of benzene rings is 1. The van der Waals surface area contributed by atoms with Gasteiger partial charge in [0.2, 0.25) is 0 Å². The summed E-state index contributed by atoms with van der Waals surface area (Å²) < 4.78 is 0. The molecular formula is C14H24I3V. The van der Waals surface area contributed by atoms with Gasteiger partial charge in [0.15, 0.2) is 0 Å². The van der Waals surface area contributed by atoms with Gasteiger partial charge in [0, 0.05) is 0 Å². The van der Waals surface area contributed by atoms with Crippen molar-refractivity contribution in [1.82, 2.24) is 0 Å². The molecule has 0 fully saturated rings. The van der Waals surface area contributed by atoms with Gasteiger partial charge >= 0.3 is 64.9 Å². The molecule has 0 amide bonds. The molecule has 0 aliphatic rings. The molecule has 0 heterocycles. The zero-order chi connectivity index (χ0) is 14.7. The van der Waals surface area contributed by atoms with Crippen molar-refractivity contribution in [2.45, 2.75) is 53.4 Å². The van der Waals surface area contributed by atoms with Gasteiger partial charge in [-0.25, -0.2) is 0 Å². The Morgan fingerprint density at radius 1 is 0.778 bits per heavy atom. The van der Waals surface area contributed by atoms with Crippen molar-refractivity contribution in [3.8, 4) is 0 Å². The van der Waals surface area contributed by atoms with Gasteiger partial charge in [0.05, 0.1) is 0 Å². The first-order chi connectivity index (χ1) is 8.36. The van der Waals surface area contributed by atoms with E-state index in [2.05, 4.69) is 112 Å². The predicted molar refractivity (Wildman–Crippen MR) is 108 cm³/mol. The van der Waals surface area contributed by atoms with Gasteiger partial charge in [-0.15, -0.1) is 0 Å². The van der Waals surface area contributed by atoms with Gasteiger partial charge in [-0.3, -0.25) is 0 Å². The van der Waals surface area contributed by atoms with Crippen LogP contribution >= 0.6 is 59.9 Å². The Morgan fingerprint density at radius 3 is 1.17 bits per heavy atom. The Morgan fingerprint density at radius 2 is 1.00 bits per heavy atom. The summed E-state index contributed by atoms with van der Waals surface area (Å²) in [4.78, 5) is -0.278. The molecule has 1 aromatic carbocycles. The minimum absolute atomic E-state index is 0.278. The average Bonchev–Trinajstić information content (AvgIpc) is 2.30. The van der Waals surface area contributed by atoms with E-state index >= 15 is 0 Å². The molecule has 18 heavy (non-hydrogen) atoms. The van der Waals surface area contributed by atoms with Crippen molar-refractivity contribution in [1.29, 1.82) is 0 Å². The summed E-state index contributed by atoms with van der Waals surface area (Å²) in [6.07, 6.45) is 0. The zero-order valence-corrected chi connectivity index (χ0v) is 19.9. The van der Waals surface area contributed by atoms with Crippen LogP contribution in [0.1, 0.15) is 64.5 Å². The Balaban J connectivity index is 0. The van der Waals surface area contributed by atoms with E-state index in [9.17, 15) is 0 Å². The topological polar surface area (TPSA) is 0 Å². The molecule has 0 N–H and O–H groups in total. The minimum atomic E-state index is -0.278. The molecular weight excluding hydrogens is 600 g/mol. The molecule has 106 valence electrons. The van der Waals surface area contributed by atoms with E-state index in [1.165, 1.54) is 11.1 Å². The first-order valence-corrected chi connectivity index (χ1v) is 19.7. The summed E-state index contributed by atoms with van der Waals surface area (Å²) in [6.45, 7) is 13.0. The van der Waals surface area contributed by atoms with Gasteiger partial charge in [0.1, 0.15) is 0 Å². The normalized spacial score (nSPS) is 9.78. The number of hydrogen-bond donors (Lipinski definition) is 0. The molecule has 0 nitrogen and oxygen atoms in total. The van der Waals surface area contributed by atoms with Crippen molar-refractivity contribution in [3.05, 3.63) is 35.4 Å². The maximum atomic E-state index is 2.46. The van der Waals surface area contributed by atoms with Crippen LogP contribution in [0, 0.1) is 0 Å². The molecule has 0 aromatic heterocycles. The molecule has 0 atom stereocenters. The van der Waals surface area contributed by atoms with Gasteiger partial charge in [-0.1, -0.05) is 65.8 Å². The van der Waals surface area contributed by atoms with E-state index in [4.69, 9.17) is 0 Å². The maximum absolute atomic E-state index is 2.46. The molecule has 0 aliphatic heterocycles. The molecule has 0 unspecified atom stereocenters. The third-order valence-corrected chi connectivity index (χ3v) is 2.24. The van der Waals surface area contributed by atoms with Crippen LogP contribution in [0.4, 0.5) is 0 Å². The first-order valence-electron chi connectivity index (χ1n) is 6.22. The van der Waals surface area contributed by atoms with E-state index in [-0.39, 0.29) is 4.92 Å². The van der Waals surface area contributed by atoms with Crippen LogP contribution in [-0.2, 0) is 4.92 Å². The Kier molecular flexibility index (Phi) is 17.3. The fourth-order valence-electron chi connectivity index (χ4n) is 1.56. The van der Waals surface area contributed by atoms with Crippen LogP contribution < -0.4 is 0 Å². The first kappa shape index (κ1) is 22.3. The third kappa shape index (κ3) is 11.8. The van der Waals surface area contributed by atoms with E-state index in [0.717, 1.165) is 0 Å². The average molecular weight is 624 g/mol. The van der Waals surface area contributed by atoms with Crippen LogP contribution in [0.15, 0.2) is 24.3 Å². The summed E-state index contributed by atoms with van der Waals surface area (Å²) in [7, 11) is 0. The number of rotatable bonds is 2. The van der Waals surface area contributed by atoms with Crippen molar-refractivity contribution in [3.63, 3.8) is 0 Å². The third-order valence-electron chi connectivity index (χ3n) is 2.24. The zero-order valence-electron chi connectivity index (χ0n) is 12.0. The number of hydrogen-bond acceptors (Lipinski definition) is 0. The van der Waals surface area contributed by atoms with Crippen LogP contribution in [0.2, 0.25) is 0 Å². The van der Waals surface area contributed by atoms with Crippen LogP contribution in [0.3, 0.4) is 0 Å². The molecule has 0 radical (unpaired) electrons. The Hall–Kier alpha value is 1.99. The molecule has 0 aliphatic carbocycles. The second-order valence-corrected chi connectivity index (χ2v) is 39.5. The van der Waals surface area contributed by atoms with Crippen LogP contribution in [0.5, 0.6) is 0 Å². The van der Waals surface area contributed by atoms with Crippen molar-refractivity contribution >= 4 is 59.9 Å².